The molecular formula is C17H17N3O2S. The van der Waals surface area contributed by atoms with Crippen molar-refractivity contribution in [2.75, 3.05) is 0 Å². The summed E-state index contributed by atoms with van der Waals surface area (Å²) in [7, 11) is 1.69. The van der Waals surface area contributed by atoms with Crippen molar-refractivity contribution < 1.29 is 5.11 Å². The molecule has 6 heteroatoms. The number of pyridine rings is 1. The zero-order valence-electron chi connectivity index (χ0n) is 12.7. The van der Waals surface area contributed by atoms with Gasteiger partial charge >= 0.3 is 5.69 Å². The number of benzene rings is 1. The number of hydrogen-bond acceptors (Lipinski definition) is 4. The molecule has 0 aliphatic rings. The molecule has 3 aromatic rings. The molecule has 0 aliphatic heterocycles. The first-order valence-electron chi connectivity index (χ1n) is 7.21. The molecule has 0 spiro atoms. The van der Waals surface area contributed by atoms with Crippen molar-refractivity contribution in [1.82, 2.24) is 14.1 Å². The number of imidazole rings is 1. The van der Waals surface area contributed by atoms with E-state index in [9.17, 15) is 9.90 Å². The maximum Gasteiger partial charge on any atom is 0.329 e. The Balaban J connectivity index is 2.05. The molecule has 0 radical (unpaired) electrons. The molecule has 118 valence electrons. The lowest BCUT2D eigenvalue weighted by molar-refractivity contribution is 0.268. The maximum atomic E-state index is 12.6. The van der Waals surface area contributed by atoms with E-state index in [0.717, 1.165) is 15.5 Å². The van der Waals surface area contributed by atoms with Gasteiger partial charge in [0.25, 0.3) is 0 Å². The fraction of sp³-hybridized carbons (Fsp3) is 0.176. The maximum absolute atomic E-state index is 12.6. The summed E-state index contributed by atoms with van der Waals surface area (Å²) in [5.74, 6) is 0. The van der Waals surface area contributed by atoms with Crippen LogP contribution in [-0.2, 0) is 20.2 Å². The summed E-state index contributed by atoms with van der Waals surface area (Å²) < 4.78 is 3.21. The van der Waals surface area contributed by atoms with Crippen LogP contribution in [0, 0.1) is 0 Å². The lowest BCUT2D eigenvalue weighted by Gasteiger charge is -2.08. The van der Waals surface area contributed by atoms with Gasteiger partial charge in [0.15, 0.2) is 0 Å². The van der Waals surface area contributed by atoms with Crippen LogP contribution in [0.3, 0.4) is 0 Å². The topological polar surface area (TPSA) is 60.0 Å². The molecule has 0 atom stereocenters. The first kappa shape index (κ1) is 15.6. The van der Waals surface area contributed by atoms with E-state index in [-0.39, 0.29) is 12.3 Å². The summed E-state index contributed by atoms with van der Waals surface area (Å²) >= 11 is 1.46. The average Bonchev–Trinajstić information content (AvgIpc) is 2.81. The Morgan fingerprint density at radius 2 is 1.83 bits per heavy atom. The van der Waals surface area contributed by atoms with Crippen LogP contribution in [0.25, 0.3) is 0 Å². The zero-order valence-corrected chi connectivity index (χ0v) is 13.5. The van der Waals surface area contributed by atoms with Crippen molar-refractivity contribution >= 4 is 11.8 Å². The summed E-state index contributed by atoms with van der Waals surface area (Å²) in [6.07, 6.45) is 3.42. The molecule has 2 aromatic heterocycles. The Kier molecular flexibility index (Phi) is 4.64. The average molecular weight is 327 g/mol. The molecule has 0 amide bonds. The highest BCUT2D eigenvalue weighted by Crippen LogP contribution is 2.30. The van der Waals surface area contributed by atoms with Crippen LogP contribution in [0.5, 0.6) is 0 Å². The number of rotatable bonds is 5. The Morgan fingerprint density at radius 1 is 1.13 bits per heavy atom. The normalized spacial score (nSPS) is 10.9. The molecule has 0 unspecified atom stereocenters. The smallest absolute Gasteiger partial charge is 0.329 e. The van der Waals surface area contributed by atoms with Gasteiger partial charge in [0.2, 0.25) is 0 Å². The third-order valence-corrected chi connectivity index (χ3v) is 4.77. The molecule has 0 aliphatic carbocycles. The van der Waals surface area contributed by atoms with Gasteiger partial charge in [0, 0.05) is 24.3 Å². The molecule has 0 saturated heterocycles. The molecule has 0 saturated carbocycles. The highest BCUT2D eigenvalue weighted by molar-refractivity contribution is 7.99. The summed E-state index contributed by atoms with van der Waals surface area (Å²) in [6, 6.07) is 13.6. The van der Waals surface area contributed by atoms with Crippen molar-refractivity contribution in [2.24, 2.45) is 7.05 Å². The third kappa shape index (κ3) is 3.23. The van der Waals surface area contributed by atoms with Gasteiger partial charge in [0.05, 0.1) is 18.8 Å². The van der Waals surface area contributed by atoms with Gasteiger partial charge in [0.1, 0.15) is 5.03 Å². The molecule has 0 fully saturated rings. The fourth-order valence-corrected chi connectivity index (χ4v) is 3.45. The van der Waals surface area contributed by atoms with Crippen molar-refractivity contribution in [3.05, 3.63) is 76.6 Å². The highest BCUT2D eigenvalue weighted by Gasteiger charge is 2.18. The number of aromatic nitrogens is 3. The van der Waals surface area contributed by atoms with Crippen LogP contribution >= 0.6 is 11.8 Å². The quantitative estimate of drug-likeness (QED) is 0.781. The Bertz CT molecular complexity index is 842. The van der Waals surface area contributed by atoms with E-state index in [1.807, 2.05) is 42.5 Å². The van der Waals surface area contributed by atoms with Crippen LogP contribution in [-0.4, -0.2) is 19.2 Å². The minimum absolute atomic E-state index is 0.130. The predicted molar refractivity (Wildman–Crippen MR) is 89.5 cm³/mol. The summed E-state index contributed by atoms with van der Waals surface area (Å²) in [5.41, 5.74) is 1.53. The van der Waals surface area contributed by atoms with Gasteiger partial charge in [-0.3, -0.25) is 14.1 Å². The second-order valence-corrected chi connectivity index (χ2v) is 6.17. The van der Waals surface area contributed by atoms with Crippen molar-refractivity contribution in [2.45, 2.75) is 23.1 Å². The lowest BCUT2D eigenvalue weighted by atomic mass is 10.2. The van der Waals surface area contributed by atoms with Crippen molar-refractivity contribution in [3.63, 3.8) is 0 Å². The van der Waals surface area contributed by atoms with Gasteiger partial charge < -0.3 is 5.11 Å². The van der Waals surface area contributed by atoms with E-state index in [0.29, 0.717) is 12.2 Å². The summed E-state index contributed by atoms with van der Waals surface area (Å²) in [4.78, 5) is 17.5. The van der Waals surface area contributed by atoms with Crippen LogP contribution in [0.2, 0.25) is 0 Å². The monoisotopic (exact) mass is 327 g/mol. The minimum Gasteiger partial charge on any atom is -0.390 e. The van der Waals surface area contributed by atoms with E-state index in [1.165, 1.54) is 16.3 Å². The first-order valence-corrected chi connectivity index (χ1v) is 8.03. The first-order chi connectivity index (χ1) is 11.2. The molecule has 3 rings (SSSR count). The number of aliphatic hydroxyl groups excluding tert-OH is 1. The van der Waals surface area contributed by atoms with Crippen molar-refractivity contribution in [1.29, 1.82) is 0 Å². The highest BCUT2D eigenvalue weighted by atomic mass is 32.2. The molecule has 23 heavy (non-hydrogen) atoms. The van der Waals surface area contributed by atoms with E-state index >= 15 is 0 Å². The predicted octanol–water partition coefficient (Wildman–Crippen LogP) is 2.27. The molecule has 1 aromatic carbocycles. The molecule has 1 N–H and O–H groups in total. The third-order valence-electron chi connectivity index (χ3n) is 3.61. The molecule has 2 heterocycles. The Morgan fingerprint density at radius 3 is 2.48 bits per heavy atom. The summed E-state index contributed by atoms with van der Waals surface area (Å²) in [5, 5.41) is 10.4. The van der Waals surface area contributed by atoms with Crippen LogP contribution < -0.4 is 5.69 Å². The van der Waals surface area contributed by atoms with Gasteiger partial charge in [-0.25, -0.2) is 4.79 Å². The van der Waals surface area contributed by atoms with Crippen LogP contribution in [0.1, 0.15) is 11.3 Å². The largest absolute Gasteiger partial charge is 0.390 e. The minimum atomic E-state index is -0.180. The number of nitrogens with zero attached hydrogens (tertiary/aromatic N) is 3. The van der Waals surface area contributed by atoms with Crippen LogP contribution in [0.4, 0.5) is 0 Å². The Labute approximate surface area is 138 Å². The molecular weight excluding hydrogens is 310 g/mol. The number of aliphatic hydroxyl groups is 1. The number of hydrogen-bond donors (Lipinski definition) is 1. The van der Waals surface area contributed by atoms with Gasteiger partial charge in [-0.1, -0.05) is 42.1 Å². The van der Waals surface area contributed by atoms with Gasteiger partial charge in [-0.05, 0) is 17.7 Å². The van der Waals surface area contributed by atoms with E-state index in [2.05, 4.69) is 4.98 Å². The fourth-order valence-electron chi connectivity index (χ4n) is 2.39. The zero-order chi connectivity index (χ0) is 16.2. The molecule has 0 bridgehead atoms. The van der Waals surface area contributed by atoms with E-state index in [1.54, 1.807) is 24.0 Å². The van der Waals surface area contributed by atoms with Gasteiger partial charge in [-0.15, -0.1) is 0 Å². The second kappa shape index (κ2) is 6.85. The summed E-state index contributed by atoms with van der Waals surface area (Å²) in [6.45, 7) is 0.294. The SMILES string of the molecule is Cn1c(CO)c(Sc2ccncc2)n(Cc2ccccc2)c1=O. The van der Waals surface area contributed by atoms with E-state index < -0.39 is 0 Å². The standard InChI is InChI=1S/C17H17N3O2S/c1-19-15(12-21)16(23-14-7-9-18-10-8-14)20(17(19)22)11-13-5-3-2-4-6-13/h2-10,21H,11-12H2,1H3. The second-order valence-electron chi connectivity index (χ2n) is 5.11. The van der Waals surface area contributed by atoms with E-state index in [4.69, 9.17) is 0 Å². The van der Waals surface area contributed by atoms with Gasteiger partial charge in [-0.2, -0.15) is 0 Å². The Hall–Kier alpha value is -2.31. The lowest BCUT2D eigenvalue weighted by Crippen LogP contribution is -2.23. The van der Waals surface area contributed by atoms with Crippen LogP contribution in [0.15, 0.2) is 69.6 Å². The molecule has 5 nitrogen and oxygen atoms in total. The van der Waals surface area contributed by atoms with Crippen molar-refractivity contribution in [3.8, 4) is 0 Å².